The van der Waals surface area contributed by atoms with Crippen LogP contribution in [0.1, 0.15) is 16.8 Å². The van der Waals surface area contributed by atoms with E-state index in [1.807, 2.05) is 18.4 Å². The summed E-state index contributed by atoms with van der Waals surface area (Å²) in [4.78, 5) is 11.8. The van der Waals surface area contributed by atoms with Crippen molar-refractivity contribution in [2.75, 3.05) is 12.4 Å². The minimum absolute atomic E-state index is 0.367. The Morgan fingerprint density at radius 3 is 3.10 bits per heavy atom. The molecule has 0 saturated heterocycles. The zero-order valence-corrected chi connectivity index (χ0v) is 12.3. The summed E-state index contributed by atoms with van der Waals surface area (Å²) in [5, 5.41) is 7.01. The van der Waals surface area contributed by atoms with E-state index in [0.29, 0.717) is 22.2 Å². The molecule has 21 heavy (non-hydrogen) atoms. The second-order valence-corrected chi connectivity index (χ2v) is 5.37. The average molecular weight is 303 g/mol. The number of methoxy groups -OCH3 is 1. The maximum Gasteiger partial charge on any atom is 0.340 e. The molecule has 3 rings (SSSR count). The highest BCUT2D eigenvalue weighted by Crippen LogP contribution is 2.30. The van der Waals surface area contributed by atoms with E-state index in [1.165, 1.54) is 12.8 Å². The molecular formula is C16H15ClN2O2. The Hall–Kier alpha value is -2.20. The van der Waals surface area contributed by atoms with Gasteiger partial charge in [-0.25, -0.2) is 4.79 Å². The molecule has 4 nitrogen and oxygen atoms in total. The Morgan fingerprint density at radius 1 is 1.43 bits per heavy atom. The molecule has 1 aliphatic carbocycles. The van der Waals surface area contributed by atoms with Crippen molar-refractivity contribution < 1.29 is 9.53 Å². The van der Waals surface area contributed by atoms with Crippen molar-refractivity contribution in [3.63, 3.8) is 0 Å². The van der Waals surface area contributed by atoms with Crippen LogP contribution in [0.25, 0.3) is 0 Å². The molecule has 0 radical (unpaired) electrons. The minimum Gasteiger partial charge on any atom is -0.465 e. The second kappa shape index (κ2) is 5.66. The van der Waals surface area contributed by atoms with Gasteiger partial charge in [-0.1, -0.05) is 17.7 Å². The van der Waals surface area contributed by atoms with Crippen molar-refractivity contribution in [3.05, 3.63) is 64.6 Å². The van der Waals surface area contributed by atoms with Crippen molar-refractivity contribution in [3.8, 4) is 0 Å². The van der Waals surface area contributed by atoms with E-state index in [4.69, 9.17) is 16.3 Å². The number of fused-ring (bicyclic) bond motifs is 1. The zero-order chi connectivity index (χ0) is 14.8. The molecule has 1 unspecified atom stereocenters. The third-order valence-electron chi connectivity index (χ3n) is 3.56. The Bertz CT molecular complexity index is 677. The lowest BCUT2D eigenvalue weighted by Gasteiger charge is -2.20. The van der Waals surface area contributed by atoms with Crippen LogP contribution < -0.4 is 10.6 Å². The van der Waals surface area contributed by atoms with E-state index in [9.17, 15) is 4.79 Å². The van der Waals surface area contributed by atoms with Crippen molar-refractivity contribution in [1.82, 2.24) is 5.32 Å². The summed E-state index contributed by atoms with van der Waals surface area (Å²) in [5.74, 6) is -0.0403. The molecule has 0 saturated carbocycles. The molecular weight excluding hydrogens is 288 g/mol. The first kappa shape index (κ1) is 13.8. The van der Waals surface area contributed by atoms with Crippen LogP contribution in [0.5, 0.6) is 0 Å². The van der Waals surface area contributed by atoms with Gasteiger partial charge in [0.2, 0.25) is 0 Å². The topological polar surface area (TPSA) is 50.4 Å². The van der Waals surface area contributed by atoms with Crippen molar-refractivity contribution >= 4 is 23.3 Å². The first-order valence-corrected chi connectivity index (χ1v) is 7.04. The predicted molar refractivity (Wildman–Crippen MR) is 83.0 cm³/mol. The Balaban J connectivity index is 1.85. The number of halogens is 1. The number of benzene rings is 1. The van der Waals surface area contributed by atoms with Gasteiger partial charge in [0.1, 0.15) is 0 Å². The van der Waals surface area contributed by atoms with E-state index in [0.717, 1.165) is 12.1 Å². The summed E-state index contributed by atoms with van der Waals surface area (Å²) in [6, 6.07) is 5.15. The highest BCUT2D eigenvalue weighted by atomic mass is 35.5. The maximum atomic E-state index is 11.8. The second-order valence-electron chi connectivity index (χ2n) is 4.93. The van der Waals surface area contributed by atoms with Crippen LogP contribution in [0.4, 0.5) is 5.69 Å². The van der Waals surface area contributed by atoms with Crippen LogP contribution in [0.3, 0.4) is 0 Å². The van der Waals surface area contributed by atoms with E-state index < -0.39 is 5.97 Å². The van der Waals surface area contributed by atoms with Crippen LogP contribution >= 0.6 is 11.6 Å². The van der Waals surface area contributed by atoms with Crippen molar-refractivity contribution in [2.24, 2.45) is 5.92 Å². The third kappa shape index (κ3) is 2.81. The number of allylic oxidation sites excluding steroid dienone is 4. The van der Waals surface area contributed by atoms with Gasteiger partial charge in [-0.2, -0.15) is 0 Å². The van der Waals surface area contributed by atoms with Gasteiger partial charge in [-0.05, 0) is 43.0 Å². The Morgan fingerprint density at radius 2 is 2.29 bits per heavy atom. The van der Waals surface area contributed by atoms with Gasteiger partial charge in [0.15, 0.2) is 0 Å². The largest absolute Gasteiger partial charge is 0.465 e. The first-order chi connectivity index (χ1) is 10.2. The number of nitrogens with one attached hydrogen (secondary N) is 2. The summed E-state index contributed by atoms with van der Waals surface area (Å²) >= 11 is 5.96. The highest BCUT2D eigenvalue weighted by Gasteiger charge is 2.21. The standard InChI is InChI=1S/C16H15ClN2O2/c1-21-16(20)13-9-11(17)2-4-15(13)19-12-3-5-14-10(8-12)6-7-18-14/h2-7,9-10,18-19H,8H2,1H3. The van der Waals surface area contributed by atoms with Gasteiger partial charge in [-0.3, -0.25) is 0 Å². The quantitative estimate of drug-likeness (QED) is 0.840. The van der Waals surface area contributed by atoms with Crippen LogP contribution in [0, 0.1) is 5.92 Å². The summed E-state index contributed by atoms with van der Waals surface area (Å²) in [7, 11) is 1.36. The van der Waals surface area contributed by atoms with Gasteiger partial charge in [-0.15, -0.1) is 0 Å². The van der Waals surface area contributed by atoms with Crippen LogP contribution in [-0.2, 0) is 4.74 Å². The fraction of sp³-hybridized carbons (Fsp3) is 0.188. The molecule has 2 N–H and O–H groups in total. The molecule has 1 aliphatic heterocycles. The molecule has 1 aromatic carbocycles. The Kier molecular flexibility index (Phi) is 3.71. The molecule has 2 aliphatic rings. The zero-order valence-electron chi connectivity index (χ0n) is 11.5. The number of hydrogen-bond acceptors (Lipinski definition) is 4. The molecule has 1 aromatic rings. The summed E-state index contributed by atoms with van der Waals surface area (Å²) in [6.45, 7) is 0. The number of ether oxygens (including phenoxy) is 1. The van der Waals surface area contributed by atoms with E-state index in [2.05, 4.69) is 16.7 Å². The number of hydrogen-bond donors (Lipinski definition) is 2. The molecule has 0 aromatic heterocycles. The number of rotatable bonds is 3. The lowest BCUT2D eigenvalue weighted by molar-refractivity contribution is 0.0602. The number of anilines is 1. The number of carbonyl (C=O) groups excluding carboxylic acids is 1. The monoisotopic (exact) mass is 302 g/mol. The fourth-order valence-electron chi connectivity index (χ4n) is 2.49. The molecule has 0 fully saturated rings. The third-order valence-corrected chi connectivity index (χ3v) is 3.80. The minimum atomic E-state index is -0.407. The predicted octanol–water partition coefficient (Wildman–Crippen LogP) is 3.44. The molecule has 0 bridgehead atoms. The molecule has 5 heteroatoms. The van der Waals surface area contributed by atoms with Gasteiger partial charge >= 0.3 is 5.97 Å². The number of esters is 1. The lowest BCUT2D eigenvalue weighted by atomic mass is 9.96. The normalized spacial score (nSPS) is 19.2. The van der Waals surface area contributed by atoms with E-state index in [1.54, 1.807) is 18.2 Å². The summed E-state index contributed by atoms with van der Waals surface area (Å²) < 4.78 is 4.80. The van der Waals surface area contributed by atoms with Gasteiger partial charge in [0, 0.05) is 22.3 Å². The van der Waals surface area contributed by atoms with Crippen molar-refractivity contribution in [1.29, 1.82) is 0 Å². The van der Waals surface area contributed by atoms with Crippen LogP contribution in [0.15, 0.2) is 54.0 Å². The fourth-order valence-corrected chi connectivity index (χ4v) is 2.66. The van der Waals surface area contributed by atoms with Gasteiger partial charge in [0.25, 0.3) is 0 Å². The van der Waals surface area contributed by atoms with E-state index in [-0.39, 0.29) is 0 Å². The molecule has 1 heterocycles. The smallest absolute Gasteiger partial charge is 0.340 e. The summed E-state index contributed by atoms with van der Waals surface area (Å²) in [5.41, 5.74) is 3.37. The molecule has 0 amide bonds. The maximum absolute atomic E-state index is 11.8. The van der Waals surface area contributed by atoms with Gasteiger partial charge < -0.3 is 15.4 Å². The first-order valence-electron chi connectivity index (χ1n) is 6.66. The molecule has 108 valence electrons. The Labute approximate surface area is 128 Å². The average Bonchev–Trinajstić information content (AvgIpc) is 2.96. The van der Waals surface area contributed by atoms with E-state index >= 15 is 0 Å². The molecule has 1 atom stereocenters. The SMILES string of the molecule is COC(=O)c1cc(Cl)ccc1NC1=CC=C2NC=CC2C1. The number of carbonyl (C=O) groups is 1. The highest BCUT2D eigenvalue weighted by molar-refractivity contribution is 6.31. The summed E-state index contributed by atoms with van der Waals surface area (Å²) in [6.07, 6.45) is 9.00. The lowest BCUT2D eigenvalue weighted by Crippen LogP contribution is -2.15. The molecule has 0 spiro atoms. The van der Waals surface area contributed by atoms with Crippen LogP contribution in [-0.4, -0.2) is 13.1 Å². The van der Waals surface area contributed by atoms with Crippen LogP contribution in [0.2, 0.25) is 5.02 Å². The van der Waals surface area contributed by atoms with Gasteiger partial charge in [0.05, 0.1) is 18.4 Å². The van der Waals surface area contributed by atoms with Crippen molar-refractivity contribution in [2.45, 2.75) is 6.42 Å².